The van der Waals surface area contributed by atoms with Crippen molar-refractivity contribution < 1.29 is 19.4 Å². The number of carboxylic acids is 1. The molecular formula is C24H24N2O5. The van der Waals surface area contributed by atoms with Gasteiger partial charge in [0.1, 0.15) is 17.2 Å². The van der Waals surface area contributed by atoms with Gasteiger partial charge in [-0.25, -0.2) is 9.48 Å². The van der Waals surface area contributed by atoms with Gasteiger partial charge in [0.2, 0.25) is 0 Å². The summed E-state index contributed by atoms with van der Waals surface area (Å²) < 4.78 is 12.6. The Morgan fingerprint density at radius 2 is 1.61 bits per heavy atom. The molecule has 0 amide bonds. The number of nitrogens with zero attached hydrogens (tertiary/aromatic N) is 2. The molecule has 1 aliphatic carbocycles. The van der Waals surface area contributed by atoms with Crippen LogP contribution in [0.15, 0.2) is 71.7 Å². The van der Waals surface area contributed by atoms with Gasteiger partial charge in [0.25, 0.3) is 5.56 Å². The summed E-state index contributed by atoms with van der Waals surface area (Å²) in [6, 6.07) is 16.7. The lowest BCUT2D eigenvalue weighted by atomic mass is 9.98. The first-order valence-electron chi connectivity index (χ1n) is 10.4. The first-order chi connectivity index (χ1) is 15.1. The van der Waals surface area contributed by atoms with Crippen LogP contribution in [0.1, 0.15) is 38.1 Å². The van der Waals surface area contributed by atoms with E-state index in [1.807, 2.05) is 30.3 Å². The van der Waals surface area contributed by atoms with Crippen molar-refractivity contribution in [1.82, 2.24) is 9.78 Å². The number of hydrogen-bond acceptors (Lipinski definition) is 5. The maximum absolute atomic E-state index is 12.6. The van der Waals surface area contributed by atoms with Crippen LogP contribution in [0.2, 0.25) is 0 Å². The number of aromatic nitrogens is 2. The molecule has 0 aliphatic heterocycles. The number of para-hydroxylation sites is 1. The van der Waals surface area contributed by atoms with E-state index in [1.54, 1.807) is 24.3 Å². The second kappa shape index (κ2) is 9.47. The minimum absolute atomic E-state index is 0.239. The standard InChI is InChI=1S/C24H24N2O5/c27-23-15-21(16-25-26(23)22(24(28)29)13-17-7-4-5-8-17)31-20-12-6-11-19(14-20)30-18-9-2-1-3-10-18/h1-3,6,9-12,14-17,22H,4-5,7-8,13H2,(H,28,29). The number of carboxylic acid groups (broad SMARTS) is 1. The fraction of sp³-hybridized carbons (Fsp3) is 0.292. The lowest BCUT2D eigenvalue weighted by Gasteiger charge is -2.18. The maximum atomic E-state index is 12.6. The van der Waals surface area contributed by atoms with Crippen molar-refractivity contribution in [3.63, 3.8) is 0 Å². The molecule has 3 aromatic rings. The first-order valence-corrected chi connectivity index (χ1v) is 10.4. The summed E-state index contributed by atoms with van der Waals surface area (Å²) in [4.78, 5) is 24.3. The van der Waals surface area contributed by atoms with E-state index in [-0.39, 0.29) is 5.75 Å². The summed E-state index contributed by atoms with van der Waals surface area (Å²) >= 11 is 0. The van der Waals surface area contributed by atoms with Gasteiger partial charge in [-0.15, -0.1) is 0 Å². The van der Waals surface area contributed by atoms with Gasteiger partial charge in [-0.05, 0) is 36.6 Å². The van der Waals surface area contributed by atoms with Gasteiger partial charge >= 0.3 is 5.97 Å². The van der Waals surface area contributed by atoms with Crippen molar-refractivity contribution >= 4 is 5.97 Å². The smallest absolute Gasteiger partial charge is 0.328 e. The third kappa shape index (κ3) is 5.31. The van der Waals surface area contributed by atoms with Crippen LogP contribution in [-0.4, -0.2) is 20.9 Å². The molecule has 160 valence electrons. The molecule has 1 unspecified atom stereocenters. The predicted octanol–water partition coefficient (Wildman–Crippen LogP) is 5.03. The van der Waals surface area contributed by atoms with E-state index in [1.165, 1.54) is 12.3 Å². The van der Waals surface area contributed by atoms with Gasteiger partial charge in [-0.1, -0.05) is 49.9 Å². The highest BCUT2D eigenvalue weighted by molar-refractivity contribution is 5.71. The number of benzene rings is 2. The van der Waals surface area contributed by atoms with Crippen LogP contribution >= 0.6 is 0 Å². The van der Waals surface area contributed by atoms with E-state index in [0.29, 0.717) is 29.6 Å². The van der Waals surface area contributed by atoms with E-state index in [2.05, 4.69) is 5.10 Å². The number of hydrogen-bond donors (Lipinski definition) is 1. The topological polar surface area (TPSA) is 90.7 Å². The summed E-state index contributed by atoms with van der Waals surface area (Å²) in [5, 5.41) is 13.7. The van der Waals surface area contributed by atoms with Crippen LogP contribution in [0.25, 0.3) is 0 Å². The summed E-state index contributed by atoms with van der Waals surface area (Å²) in [6.45, 7) is 0. The fourth-order valence-corrected chi connectivity index (χ4v) is 3.92. The number of carbonyl (C=O) groups is 1. The summed E-state index contributed by atoms with van der Waals surface area (Å²) in [6.07, 6.45) is 6.01. The van der Waals surface area contributed by atoms with Gasteiger partial charge in [0.05, 0.1) is 6.20 Å². The molecule has 2 aromatic carbocycles. The molecular weight excluding hydrogens is 396 g/mol. The van der Waals surface area contributed by atoms with Crippen molar-refractivity contribution in [2.45, 2.75) is 38.1 Å². The van der Waals surface area contributed by atoms with Crippen molar-refractivity contribution in [2.24, 2.45) is 5.92 Å². The summed E-state index contributed by atoms with van der Waals surface area (Å²) in [5.41, 5.74) is -0.500. The maximum Gasteiger partial charge on any atom is 0.328 e. The molecule has 0 spiro atoms. The molecule has 1 aromatic heterocycles. The highest BCUT2D eigenvalue weighted by Gasteiger charge is 2.28. The monoisotopic (exact) mass is 420 g/mol. The van der Waals surface area contributed by atoms with Crippen molar-refractivity contribution in [3.05, 3.63) is 77.2 Å². The number of ether oxygens (including phenoxy) is 2. The Balaban J connectivity index is 1.48. The second-order valence-electron chi connectivity index (χ2n) is 7.71. The number of aliphatic carboxylic acids is 1. The largest absolute Gasteiger partial charge is 0.480 e. The Hall–Kier alpha value is -3.61. The second-order valence-corrected chi connectivity index (χ2v) is 7.71. The molecule has 4 rings (SSSR count). The van der Waals surface area contributed by atoms with Gasteiger partial charge in [0, 0.05) is 12.1 Å². The van der Waals surface area contributed by atoms with Crippen molar-refractivity contribution in [1.29, 1.82) is 0 Å². The average Bonchev–Trinajstić information content (AvgIpc) is 3.27. The van der Waals surface area contributed by atoms with Crippen LogP contribution in [0.4, 0.5) is 0 Å². The van der Waals surface area contributed by atoms with Crippen LogP contribution in [0, 0.1) is 5.92 Å². The van der Waals surface area contributed by atoms with E-state index in [4.69, 9.17) is 9.47 Å². The molecule has 1 heterocycles. The van der Waals surface area contributed by atoms with E-state index in [0.717, 1.165) is 30.4 Å². The van der Waals surface area contributed by atoms with Crippen LogP contribution < -0.4 is 15.0 Å². The van der Waals surface area contributed by atoms with Gasteiger partial charge in [0.15, 0.2) is 11.8 Å². The Morgan fingerprint density at radius 1 is 0.968 bits per heavy atom. The van der Waals surface area contributed by atoms with E-state index >= 15 is 0 Å². The molecule has 0 saturated heterocycles. The Labute approximate surface area is 179 Å². The molecule has 1 fully saturated rings. The molecule has 1 N–H and O–H groups in total. The van der Waals surface area contributed by atoms with Gasteiger partial charge in [-0.2, -0.15) is 5.10 Å². The fourth-order valence-electron chi connectivity index (χ4n) is 3.92. The highest BCUT2D eigenvalue weighted by atomic mass is 16.5. The third-order valence-corrected chi connectivity index (χ3v) is 5.43. The van der Waals surface area contributed by atoms with Crippen molar-refractivity contribution in [3.8, 4) is 23.0 Å². The molecule has 1 atom stereocenters. The van der Waals surface area contributed by atoms with E-state index < -0.39 is 17.6 Å². The zero-order chi connectivity index (χ0) is 21.6. The Bertz CT molecular complexity index is 1090. The molecule has 31 heavy (non-hydrogen) atoms. The van der Waals surface area contributed by atoms with E-state index in [9.17, 15) is 14.7 Å². The zero-order valence-corrected chi connectivity index (χ0v) is 17.0. The Kier molecular flexibility index (Phi) is 6.31. The molecule has 7 nitrogen and oxygen atoms in total. The number of rotatable bonds is 8. The predicted molar refractivity (Wildman–Crippen MR) is 115 cm³/mol. The first kappa shape index (κ1) is 20.7. The van der Waals surface area contributed by atoms with Crippen LogP contribution in [0.3, 0.4) is 0 Å². The van der Waals surface area contributed by atoms with Gasteiger partial charge in [-0.3, -0.25) is 4.79 Å². The summed E-state index contributed by atoms with van der Waals surface area (Å²) in [7, 11) is 0. The minimum Gasteiger partial charge on any atom is -0.480 e. The van der Waals surface area contributed by atoms with Crippen molar-refractivity contribution in [2.75, 3.05) is 0 Å². The minimum atomic E-state index is -1.04. The highest BCUT2D eigenvalue weighted by Crippen LogP contribution is 2.32. The van der Waals surface area contributed by atoms with Gasteiger partial charge < -0.3 is 14.6 Å². The van der Waals surface area contributed by atoms with Crippen LogP contribution in [0.5, 0.6) is 23.0 Å². The molecule has 0 radical (unpaired) electrons. The normalized spacial score (nSPS) is 14.8. The lowest BCUT2D eigenvalue weighted by molar-refractivity contribution is -0.142. The third-order valence-electron chi connectivity index (χ3n) is 5.43. The SMILES string of the molecule is O=C(O)C(CC1CCCC1)n1ncc(Oc2cccc(Oc3ccccc3)c2)cc1=O. The molecule has 1 aliphatic rings. The Morgan fingerprint density at radius 3 is 2.26 bits per heavy atom. The lowest BCUT2D eigenvalue weighted by Crippen LogP contribution is -2.32. The molecule has 0 bridgehead atoms. The van der Waals surface area contributed by atoms with Crippen LogP contribution in [-0.2, 0) is 4.79 Å². The molecule has 7 heteroatoms. The zero-order valence-electron chi connectivity index (χ0n) is 17.0. The molecule has 1 saturated carbocycles. The summed E-state index contributed by atoms with van der Waals surface area (Å²) in [5.74, 6) is 1.29. The quantitative estimate of drug-likeness (QED) is 0.549. The average molecular weight is 420 g/mol.